The summed E-state index contributed by atoms with van der Waals surface area (Å²) in [5, 5.41) is 15.8. The Morgan fingerprint density at radius 1 is 1.21 bits per heavy atom. The molecular formula is C26H22ClN6+. The molecule has 3 heterocycles. The van der Waals surface area contributed by atoms with Crippen LogP contribution in [0.3, 0.4) is 0 Å². The molecule has 5 rings (SSSR count). The maximum absolute atomic E-state index is 9.86. The fourth-order valence-corrected chi connectivity index (χ4v) is 4.55. The average molecular weight is 454 g/mol. The number of H-pyrrole nitrogens is 1. The SMILES string of the molecule is CCc1c(C)c(C#N)c2[nH]c3ccccc3[n+]2c1NN=Cc1cc2cc(C)ccc2nc1Cl. The highest BCUT2D eigenvalue weighted by Gasteiger charge is 2.24. The first kappa shape index (κ1) is 20.9. The van der Waals surface area contributed by atoms with E-state index in [1.54, 1.807) is 6.21 Å². The fraction of sp³-hybridized carbons (Fsp3) is 0.154. The summed E-state index contributed by atoms with van der Waals surface area (Å²) >= 11 is 6.43. The van der Waals surface area contributed by atoms with Crippen LogP contribution in [-0.2, 0) is 6.42 Å². The highest BCUT2D eigenvalue weighted by Crippen LogP contribution is 2.26. The summed E-state index contributed by atoms with van der Waals surface area (Å²) in [5.41, 5.74) is 11.2. The van der Waals surface area contributed by atoms with Crippen LogP contribution in [0.2, 0.25) is 5.15 Å². The van der Waals surface area contributed by atoms with Gasteiger partial charge in [0.25, 0.3) is 5.82 Å². The Kier molecular flexibility index (Phi) is 5.20. The largest absolute Gasteiger partial charge is 0.269 e. The number of benzene rings is 2. The van der Waals surface area contributed by atoms with Gasteiger partial charge in [-0.05, 0) is 56.2 Å². The van der Waals surface area contributed by atoms with Crippen molar-refractivity contribution in [2.45, 2.75) is 27.2 Å². The predicted molar refractivity (Wildman–Crippen MR) is 133 cm³/mol. The van der Waals surface area contributed by atoms with Gasteiger partial charge in [-0.1, -0.05) is 42.3 Å². The van der Waals surface area contributed by atoms with Crippen molar-refractivity contribution in [2.24, 2.45) is 5.10 Å². The van der Waals surface area contributed by atoms with Crippen molar-refractivity contribution in [3.05, 3.63) is 81.5 Å². The molecule has 0 aliphatic carbocycles. The van der Waals surface area contributed by atoms with Crippen molar-refractivity contribution < 1.29 is 4.40 Å². The molecule has 0 bridgehead atoms. The lowest BCUT2D eigenvalue weighted by atomic mass is 10.0. The van der Waals surface area contributed by atoms with Gasteiger partial charge in [0.1, 0.15) is 27.8 Å². The van der Waals surface area contributed by atoms with E-state index in [0.717, 1.165) is 62.1 Å². The van der Waals surface area contributed by atoms with Crippen LogP contribution in [0.25, 0.3) is 27.6 Å². The molecule has 0 unspecified atom stereocenters. The van der Waals surface area contributed by atoms with Crippen molar-refractivity contribution in [1.82, 2.24) is 9.97 Å². The first-order valence-electron chi connectivity index (χ1n) is 10.8. The van der Waals surface area contributed by atoms with Gasteiger partial charge in [-0.25, -0.2) is 4.98 Å². The van der Waals surface area contributed by atoms with Crippen LogP contribution in [0, 0.1) is 25.2 Å². The predicted octanol–water partition coefficient (Wildman–Crippen LogP) is 5.61. The second-order valence-corrected chi connectivity index (χ2v) is 8.41. The Bertz CT molecular complexity index is 1620. The number of fused-ring (bicyclic) bond motifs is 4. The Labute approximate surface area is 196 Å². The number of aromatic amines is 1. The van der Waals surface area contributed by atoms with E-state index in [2.05, 4.69) is 39.6 Å². The van der Waals surface area contributed by atoms with Crippen molar-refractivity contribution >= 4 is 51.2 Å². The second kappa shape index (κ2) is 8.19. The maximum atomic E-state index is 9.86. The first-order valence-corrected chi connectivity index (χ1v) is 11.1. The van der Waals surface area contributed by atoms with E-state index in [1.807, 2.05) is 60.7 Å². The number of hydrogen-bond donors (Lipinski definition) is 2. The molecule has 0 amide bonds. The third-order valence-corrected chi connectivity index (χ3v) is 6.29. The number of aromatic nitrogens is 3. The van der Waals surface area contributed by atoms with Crippen molar-refractivity contribution in [2.75, 3.05) is 5.43 Å². The minimum Gasteiger partial charge on any atom is -0.269 e. The zero-order valence-electron chi connectivity index (χ0n) is 18.6. The number of para-hydroxylation sites is 2. The molecule has 5 aromatic rings. The van der Waals surface area contributed by atoms with Crippen LogP contribution in [0.15, 0.2) is 53.6 Å². The van der Waals surface area contributed by atoms with E-state index in [9.17, 15) is 5.26 Å². The smallest absolute Gasteiger partial charge is 0.253 e. The van der Waals surface area contributed by atoms with E-state index in [-0.39, 0.29) is 0 Å². The van der Waals surface area contributed by atoms with Gasteiger partial charge in [0.15, 0.2) is 0 Å². The van der Waals surface area contributed by atoms with E-state index >= 15 is 0 Å². The summed E-state index contributed by atoms with van der Waals surface area (Å²) < 4.78 is 2.03. The van der Waals surface area contributed by atoms with Gasteiger partial charge in [0, 0.05) is 16.5 Å². The van der Waals surface area contributed by atoms with Gasteiger partial charge in [0.2, 0.25) is 5.65 Å². The number of nitrogens with zero attached hydrogens (tertiary/aromatic N) is 4. The van der Waals surface area contributed by atoms with Crippen LogP contribution < -0.4 is 9.83 Å². The summed E-state index contributed by atoms with van der Waals surface area (Å²) in [6, 6.07) is 18.4. The standard InChI is InChI=1S/C26H21ClN6/c1-4-19-16(3)20(13-28)25-31-22-7-5-6-8-23(22)33(25)26(19)32-29-14-18-12-17-11-15(2)9-10-21(17)30-24(18)27/h5-12,14H,4H2,1-3H3,(H,31,32)/p+1. The molecule has 0 atom stereocenters. The van der Waals surface area contributed by atoms with Gasteiger partial charge in [-0.15, -0.1) is 5.10 Å². The topological polar surface area (TPSA) is 81.0 Å². The zero-order valence-corrected chi connectivity index (χ0v) is 19.3. The van der Waals surface area contributed by atoms with Gasteiger partial charge >= 0.3 is 0 Å². The van der Waals surface area contributed by atoms with Crippen LogP contribution >= 0.6 is 11.6 Å². The molecule has 0 fully saturated rings. The second-order valence-electron chi connectivity index (χ2n) is 8.05. The van der Waals surface area contributed by atoms with Crippen LogP contribution in [-0.4, -0.2) is 16.2 Å². The monoisotopic (exact) mass is 453 g/mol. The van der Waals surface area contributed by atoms with E-state index in [4.69, 9.17) is 11.6 Å². The van der Waals surface area contributed by atoms with E-state index in [0.29, 0.717) is 10.7 Å². The zero-order chi connectivity index (χ0) is 23.1. The Balaban J connectivity index is 1.65. The Morgan fingerprint density at radius 2 is 2.03 bits per heavy atom. The number of hydrogen-bond acceptors (Lipinski definition) is 4. The summed E-state index contributed by atoms with van der Waals surface area (Å²) in [6.45, 7) is 6.10. The summed E-state index contributed by atoms with van der Waals surface area (Å²) in [6.07, 6.45) is 2.43. The number of imidazole rings is 1. The van der Waals surface area contributed by atoms with Gasteiger partial charge in [-0.2, -0.15) is 15.1 Å². The Morgan fingerprint density at radius 3 is 2.82 bits per heavy atom. The van der Waals surface area contributed by atoms with E-state index < -0.39 is 0 Å². The number of nitriles is 1. The molecular weight excluding hydrogens is 432 g/mol. The van der Waals surface area contributed by atoms with Crippen molar-refractivity contribution in [3.8, 4) is 6.07 Å². The molecule has 0 aliphatic rings. The third-order valence-electron chi connectivity index (χ3n) is 5.99. The highest BCUT2D eigenvalue weighted by molar-refractivity contribution is 6.32. The lowest BCUT2D eigenvalue weighted by Crippen LogP contribution is -2.28. The molecule has 162 valence electrons. The third kappa shape index (κ3) is 3.47. The number of aryl methyl sites for hydroxylation is 1. The van der Waals surface area contributed by atoms with Gasteiger partial charge in [0.05, 0.1) is 11.7 Å². The van der Waals surface area contributed by atoms with Gasteiger partial charge in [-0.3, -0.25) is 4.98 Å². The Hall–Kier alpha value is -3.95. The molecule has 6 nitrogen and oxygen atoms in total. The van der Waals surface area contributed by atoms with Gasteiger partial charge < -0.3 is 0 Å². The molecule has 0 spiro atoms. The number of halogens is 1. The first-order chi connectivity index (χ1) is 16.0. The molecule has 33 heavy (non-hydrogen) atoms. The number of rotatable bonds is 4. The lowest BCUT2D eigenvalue weighted by molar-refractivity contribution is -0.465. The maximum Gasteiger partial charge on any atom is 0.253 e. The molecule has 7 heteroatoms. The molecule has 0 aliphatic heterocycles. The number of anilines is 1. The van der Waals surface area contributed by atoms with Crippen molar-refractivity contribution in [1.29, 1.82) is 5.26 Å². The van der Waals surface area contributed by atoms with E-state index in [1.165, 1.54) is 0 Å². The number of pyridine rings is 2. The molecule has 3 aromatic heterocycles. The minimum atomic E-state index is 0.397. The van der Waals surface area contributed by atoms with Crippen molar-refractivity contribution in [3.63, 3.8) is 0 Å². The summed E-state index contributed by atoms with van der Waals surface area (Å²) in [4.78, 5) is 7.89. The number of nitrogens with one attached hydrogen (secondary N) is 2. The highest BCUT2D eigenvalue weighted by atomic mass is 35.5. The summed E-state index contributed by atoms with van der Waals surface area (Å²) in [7, 11) is 0. The molecule has 2 aromatic carbocycles. The average Bonchev–Trinajstić information content (AvgIpc) is 3.19. The van der Waals surface area contributed by atoms with Crippen LogP contribution in [0.1, 0.15) is 34.7 Å². The fourth-order valence-electron chi connectivity index (χ4n) is 4.35. The van der Waals surface area contributed by atoms with Crippen LogP contribution in [0.4, 0.5) is 5.82 Å². The minimum absolute atomic E-state index is 0.397. The normalized spacial score (nSPS) is 11.6. The van der Waals surface area contributed by atoms with Crippen LogP contribution in [0.5, 0.6) is 0 Å². The molecule has 2 N–H and O–H groups in total. The lowest BCUT2D eigenvalue weighted by Gasteiger charge is -2.10. The number of hydrazone groups is 1. The quantitative estimate of drug-likeness (QED) is 0.161. The molecule has 0 radical (unpaired) electrons. The summed E-state index contributed by atoms with van der Waals surface area (Å²) in [5.74, 6) is 0.818. The molecule has 0 saturated carbocycles. The molecule has 0 saturated heterocycles.